The third-order valence-corrected chi connectivity index (χ3v) is 5.75. The fraction of sp³-hybridized carbons (Fsp3) is 0.0370. The molecule has 0 atom stereocenters. The van der Waals surface area contributed by atoms with Gasteiger partial charge in [0.15, 0.2) is 0 Å². The van der Waals surface area contributed by atoms with Crippen LogP contribution in [0, 0.1) is 0 Å². The lowest BCUT2D eigenvalue weighted by molar-refractivity contribution is 0.951. The van der Waals surface area contributed by atoms with E-state index in [1.54, 1.807) is 0 Å². The van der Waals surface area contributed by atoms with Gasteiger partial charge in [-0.25, -0.2) is 9.97 Å². The Labute approximate surface area is 174 Å². The van der Waals surface area contributed by atoms with Gasteiger partial charge in [-0.05, 0) is 35.4 Å². The Bertz CT molecular complexity index is 1420. The van der Waals surface area contributed by atoms with Gasteiger partial charge in [-0.15, -0.1) is 0 Å². The monoisotopic (exact) mass is 385 g/mol. The maximum Gasteiger partial charge on any atom is 0.0901 e. The van der Waals surface area contributed by atoms with Gasteiger partial charge < -0.3 is 4.57 Å². The minimum Gasteiger partial charge on any atom is -0.343 e. The van der Waals surface area contributed by atoms with Crippen molar-refractivity contribution in [2.45, 2.75) is 0 Å². The molecule has 6 rings (SSSR count). The van der Waals surface area contributed by atoms with Gasteiger partial charge >= 0.3 is 0 Å². The van der Waals surface area contributed by atoms with Crippen molar-refractivity contribution in [3.8, 4) is 22.5 Å². The Hall–Kier alpha value is -3.98. The summed E-state index contributed by atoms with van der Waals surface area (Å²) in [7, 11) is 2.15. The highest BCUT2D eigenvalue weighted by Gasteiger charge is 2.19. The first-order chi connectivity index (χ1) is 14.8. The highest BCUT2D eigenvalue weighted by Crippen LogP contribution is 2.40. The van der Waals surface area contributed by atoms with Crippen molar-refractivity contribution in [3.63, 3.8) is 0 Å². The second-order valence-electron chi connectivity index (χ2n) is 7.59. The number of hydrogen-bond acceptors (Lipinski definition) is 2. The summed E-state index contributed by atoms with van der Waals surface area (Å²) in [5, 5.41) is 2.39. The van der Waals surface area contributed by atoms with Crippen molar-refractivity contribution in [3.05, 3.63) is 97.1 Å². The van der Waals surface area contributed by atoms with Gasteiger partial charge in [-0.3, -0.25) is 0 Å². The number of fused-ring (bicyclic) bond motifs is 3. The van der Waals surface area contributed by atoms with E-state index in [9.17, 15) is 0 Å². The molecule has 4 aromatic carbocycles. The van der Waals surface area contributed by atoms with Crippen LogP contribution in [0.15, 0.2) is 97.1 Å². The molecule has 0 unspecified atom stereocenters. The summed E-state index contributed by atoms with van der Waals surface area (Å²) in [6, 6.07) is 33.6. The molecule has 3 heteroatoms. The zero-order valence-electron chi connectivity index (χ0n) is 16.6. The first kappa shape index (κ1) is 16.9. The van der Waals surface area contributed by atoms with Crippen LogP contribution in [0.1, 0.15) is 0 Å². The summed E-state index contributed by atoms with van der Waals surface area (Å²) < 4.78 is 2.30. The van der Waals surface area contributed by atoms with Gasteiger partial charge in [0.05, 0.1) is 33.5 Å². The molecular formula is C27H19N3. The summed E-state index contributed by atoms with van der Waals surface area (Å²) in [6.45, 7) is 0. The first-order valence-corrected chi connectivity index (χ1v) is 10.1. The second-order valence-corrected chi connectivity index (χ2v) is 7.59. The van der Waals surface area contributed by atoms with Crippen molar-refractivity contribution in [2.24, 2.45) is 7.05 Å². The molecule has 0 bridgehead atoms. The van der Waals surface area contributed by atoms with Gasteiger partial charge in [-0.1, -0.05) is 72.8 Å². The quantitative estimate of drug-likeness (QED) is 0.314. The Balaban J connectivity index is 1.77. The maximum atomic E-state index is 4.90. The lowest BCUT2D eigenvalue weighted by Crippen LogP contribution is -1.94. The highest BCUT2D eigenvalue weighted by atomic mass is 15.0. The molecule has 0 aliphatic carbocycles. The minimum atomic E-state index is 0.920. The van der Waals surface area contributed by atoms with Gasteiger partial charge in [-0.2, -0.15) is 0 Å². The first-order valence-electron chi connectivity index (χ1n) is 10.1. The third-order valence-electron chi connectivity index (χ3n) is 5.75. The van der Waals surface area contributed by atoms with Crippen LogP contribution in [0.25, 0.3) is 55.4 Å². The molecule has 0 fully saturated rings. The number of hydrogen-bond donors (Lipinski definition) is 0. The van der Waals surface area contributed by atoms with Crippen molar-refractivity contribution >= 4 is 32.8 Å². The molecule has 0 spiro atoms. The van der Waals surface area contributed by atoms with Gasteiger partial charge in [0.2, 0.25) is 0 Å². The predicted molar refractivity (Wildman–Crippen MR) is 124 cm³/mol. The standard InChI is InChI=1S/C27H19N3/c1-30-26(18-10-4-2-5-11-18)20-16-24-25(29-23-15-9-8-14-22(23)28-24)17-21(20)27(30)19-12-6-3-7-13-19/h2-17H,1H3. The summed E-state index contributed by atoms with van der Waals surface area (Å²) in [5.74, 6) is 0. The van der Waals surface area contributed by atoms with Crippen LogP contribution < -0.4 is 0 Å². The zero-order chi connectivity index (χ0) is 20.1. The molecule has 30 heavy (non-hydrogen) atoms. The summed E-state index contributed by atoms with van der Waals surface area (Å²) in [6.07, 6.45) is 0. The summed E-state index contributed by atoms with van der Waals surface area (Å²) in [5.41, 5.74) is 8.46. The van der Waals surface area contributed by atoms with E-state index in [1.165, 1.54) is 33.3 Å². The van der Waals surface area contributed by atoms with E-state index in [0.717, 1.165) is 22.1 Å². The van der Waals surface area contributed by atoms with Crippen LogP contribution in [0.5, 0.6) is 0 Å². The highest BCUT2D eigenvalue weighted by molar-refractivity contribution is 6.10. The van der Waals surface area contributed by atoms with Gasteiger partial charge in [0.1, 0.15) is 0 Å². The Morgan fingerprint density at radius 3 is 1.33 bits per heavy atom. The number of nitrogens with zero attached hydrogens (tertiary/aromatic N) is 3. The number of rotatable bonds is 2. The molecule has 142 valence electrons. The van der Waals surface area contributed by atoms with Crippen LogP contribution in [0.4, 0.5) is 0 Å². The van der Waals surface area contributed by atoms with E-state index < -0.39 is 0 Å². The molecule has 0 saturated heterocycles. The van der Waals surface area contributed by atoms with Crippen molar-refractivity contribution in [1.29, 1.82) is 0 Å². The number of benzene rings is 4. The number of para-hydroxylation sites is 2. The van der Waals surface area contributed by atoms with E-state index >= 15 is 0 Å². The molecule has 0 aliphatic heterocycles. The predicted octanol–water partition coefficient (Wildman–Crippen LogP) is 6.61. The van der Waals surface area contributed by atoms with Gasteiger partial charge in [0, 0.05) is 17.8 Å². The molecule has 0 amide bonds. The Kier molecular flexibility index (Phi) is 3.68. The number of aromatic nitrogens is 3. The SMILES string of the molecule is Cn1c(-c2ccccc2)c2cc3nc4ccccc4nc3cc2c1-c1ccccc1. The van der Waals surface area contributed by atoms with E-state index in [4.69, 9.17) is 9.97 Å². The molecule has 2 heterocycles. The van der Waals surface area contributed by atoms with Crippen LogP contribution in [0.3, 0.4) is 0 Å². The summed E-state index contributed by atoms with van der Waals surface area (Å²) >= 11 is 0. The lowest BCUT2D eigenvalue weighted by Gasteiger charge is -2.08. The smallest absolute Gasteiger partial charge is 0.0901 e. The largest absolute Gasteiger partial charge is 0.343 e. The van der Waals surface area contributed by atoms with Crippen molar-refractivity contribution < 1.29 is 0 Å². The van der Waals surface area contributed by atoms with E-state index in [-0.39, 0.29) is 0 Å². The van der Waals surface area contributed by atoms with E-state index in [1.807, 2.05) is 24.3 Å². The average Bonchev–Trinajstić information content (AvgIpc) is 3.07. The van der Waals surface area contributed by atoms with Crippen LogP contribution in [-0.2, 0) is 7.05 Å². The molecule has 0 radical (unpaired) electrons. The fourth-order valence-electron chi connectivity index (χ4n) is 4.42. The molecule has 0 aliphatic rings. The van der Waals surface area contributed by atoms with E-state index in [0.29, 0.717) is 0 Å². The molecule has 6 aromatic rings. The minimum absolute atomic E-state index is 0.920. The lowest BCUT2D eigenvalue weighted by atomic mass is 10.0. The second kappa shape index (κ2) is 6.53. The third kappa shape index (κ3) is 2.52. The van der Waals surface area contributed by atoms with Crippen LogP contribution >= 0.6 is 0 Å². The van der Waals surface area contributed by atoms with Crippen molar-refractivity contribution in [2.75, 3.05) is 0 Å². The topological polar surface area (TPSA) is 30.7 Å². The summed E-state index contributed by atoms with van der Waals surface area (Å²) in [4.78, 5) is 9.81. The molecule has 2 aromatic heterocycles. The average molecular weight is 385 g/mol. The Morgan fingerprint density at radius 2 is 0.900 bits per heavy atom. The van der Waals surface area contributed by atoms with Crippen LogP contribution in [0.2, 0.25) is 0 Å². The van der Waals surface area contributed by atoms with Gasteiger partial charge in [0.25, 0.3) is 0 Å². The Morgan fingerprint density at radius 1 is 0.500 bits per heavy atom. The van der Waals surface area contributed by atoms with Crippen molar-refractivity contribution in [1.82, 2.24) is 14.5 Å². The maximum absolute atomic E-state index is 4.90. The fourth-order valence-corrected chi connectivity index (χ4v) is 4.42. The molecule has 3 nitrogen and oxygen atoms in total. The normalized spacial score (nSPS) is 11.5. The van der Waals surface area contributed by atoms with Crippen LogP contribution in [-0.4, -0.2) is 14.5 Å². The molecule has 0 N–H and O–H groups in total. The molecular weight excluding hydrogens is 366 g/mol. The van der Waals surface area contributed by atoms with E-state index in [2.05, 4.69) is 84.4 Å². The molecule has 0 saturated carbocycles. The zero-order valence-corrected chi connectivity index (χ0v) is 16.6.